The maximum Gasteiger partial charge on any atom is 0.103 e. The summed E-state index contributed by atoms with van der Waals surface area (Å²) in [5.41, 5.74) is 10.3. The Hall–Kier alpha value is -1.77. The number of rotatable bonds is 1. The van der Waals surface area contributed by atoms with Crippen molar-refractivity contribution < 1.29 is 0 Å². The Balaban J connectivity index is 0.00000147. The van der Waals surface area contributed by atoms with E-state index in [1.807, 2.05) is 42.6 Å². The molecule has 0 radical (unpaired) electrons. The quantitative estimate of drug-likeness (QED) is 0.847. The fourth-order valence-corrected chi connectivity index (χ4v) is 2.43. The first kappa shape index (κ1) is 14.6. The van der Waals surface area contributed by atoms with Crippen molar-refractivity contribution in [1.82, 2.24) is 0 Å². The topological polar surface area (TPSA) is 38.4 Å². The van der Waals surface area contributed by atoms with Crippen LogP contribution in [0.3, 0.4) is 0 Å². The fraction of sp³-hybridized carbons (Fsp3) is 0.0625. The van der Waals surface area contributed by atoms with E-state index in [1.165, 1.54) is 0 Å². The van der Waals surface area contributed by atoms with Crippen molar-refractivity contribution in [3.8, 4) is 0 Å². The van der Waals surface area contributed by atoms with Gasteiger partial charge in [0.1, 0.15) is 5.84 Å². The number of hydrogen-bond donors (Lipinski definition) is 1. The van der Waals surface area contributed by atoms with Crippen LogP contribution in [0, 0.1) is 0 Å². The molecule has 0 saturated carbocycles. The Morgan fingerprint density at radius 2 is 1.80 bits per heavy atom. The summed E-state index contributed by atoms with van der Waals surface area (Å²) in [7, 11) is 0. The molecule has 1 heterocycles. The lowest BCUT2D eigenvalue weighted by atomic mass is 9.94. The molecule has 0 spiro atoms. The number of halogens is 2. The van der Waals surface area contributed by atoms with Gasteiger partial charge in [-0.25, -0.2) is 4.99 Å². The SMILES string of the molecule is Cl.NC1=NC=C(c2ccccc2)c2cc(Cl)ccc2C1. The summed E-state index contributed by atoms with van der Waals surface area (Å²) in [6.07, 6.45) is 2.48. The highest BCUT2D eigenvalue weighted by atomic mass is 35.5. The fourth-order valence-electron chi connectivity index (χ4n) is 2.26. The predicted molar refractivity (Wildman–Crippen MR) is 87.5 cm³/mol. The third-order valence-electron chi connectivity index (χ3n) is 3.18. The molecule has 0 atom stereocenters. The molecule has 4 heteroatoms. The van der Waals surface area contributed by atoms with Gasteiger partial charge in [0, 0.05) is 23.2 Å². The van der Waals surface area contributed by atoms with Crippen molar-refractivity contribution in [3.05, 3.63) is 76.4 Å². The predicted octanol–water partition coefficient (Wildman–Crippen LogP) is 4.06. The number of fused-ring (bicyclic) bond motifs is 1. The summed E-state index contributed by atoms with van der Waals surface area (Å²) >= 11 is 6.12. The van der Waals surface area contributed by atoms with Gasteiger partial charge >= 0.3 is 0 Å². The van der Waals surface area contributed by atoms with Gasteiger partial charge in [-0.1, -0.05) is 48.0 Å². The lowest BCUT2D eigenvalue weighted by Crippen LogP contribution is -2.14. The van der Waals surface area contributed by atoms with E-state index in [2.05, 4.69) is 17.1 Å². The summed E-state index contributed by atoms with van der Waals surface area (Å²) in [5, 5.41) is 0.723. The van der Waals surface area contributed by atoms with Crippen molar-refractivity contribution in [2.45, 2.75) is 6.42 Å². The number of nitrogens with two attached hydrogens (primary N) is 1. The third kappa shape index (κ3) is 2.87. The Kier molecular flexibility index (Phi) is 4.48. The van der Waals surface area contributed by atoms with Gasteiger partial charge in [0.2, 0.25) is 0 Å². The second-order valence-electron chi connectivity index (χ2n) is 4.51. The van der Waals surface area contributed by atoms with Crippen LogP contribution in [-0.2, 0) is 6.42 Å². The van der Waals surface area contributed by atoms with Crippen LogP contribution in [0.5, 0.6) is 0 Å². The minimum Gasteiger partial charge on any atom is -0.387 e. The first-order chi connectivity index (χ1) is 9.24. The second-order valence-corrected chi connectivity index (χ2v) is 4.94. The van der Waals surface area contributed by atoms with Crippen molar-refractivity contribution in [3.63, 3.8) is 0 Å². The molecule has 2 aromatic carbocycles. The highest BCUT2D eigenvalue weighted by Gasteiger charge is 2.14. The third-order valence-corrected chi connectivity index (χ3v) is 3.41. The molecule has 2 N–H and O–H groups in total. The van der Waals surface area contributed by atoms with Gasteiger partial charge < -0.3 is 5.73 Å². The Morgan fingerprint density at radius 1 is 1.05 bits per heavy atom. The van der Waals surface area contributed by atoms with Crippen LogP contribution in [0.4, 0.5) is 0 Å². The van der Waals surface area contributed by atoms with E-state index in [4.69, 9.17) is 17.3 Å². The number of aliphatic imine (C=N–C) groups is 1. The first-order valence-electron chi connectivity index (χ1n) is 6.10. The van der Waals surface area contributed by atoms with Gasteiger partial charge in [0.25, 0.3) is 0 Å². The second kappa shape index (κ2) is 6.12. The molecule has 1 aliphatic rings. The molecule has 20 heavy (non-hydrogen) atoms. The lowest BCUT2D eigenvalue weighted by Gasteiger charge is -2.11. The summed E-state index contributed by atoms with van der Waals surface area (Å²) in [4.78, 5) is 4.32. The molecule has 0 unspecified atom stereocenters. The van der Waals surface area contributed by atoms with Gasteiger partial charge in [0.05, 0.1) is 0 Å². The maximum atomic E-state index is 6.12. The zero-order valence-electron chi connectivity index (χ0n) is 10.7. The van der Waals surface area contributed by atoms with E-state index >= 15 is 0 Å². The van der Waals surface area contributed by atoms with E-state index in [0.29, 0.717) is 12.3 Å². The van der Waals surface area contributed by atoms with Gasteiger partial charge in [-0.2, -0.15) is 0 Å². The average molecular weight is 305 g/mol. The molecule has 0 amide bonds. The Morgan fingerprint density at radius 3 is 2.55 bits per heavy atom. The Bertz CT molecular complexity index is 676. The van der Waals surface area contributed by atoms with E-state index < -0.39 is 0 Å². The molecule has 2 nitrogen and oxygen atoms in total. The minimum atomic E-state index is 0. The minimum absolute atomic E-state index is 0. The molecular weight excluding hydrogens is 291 g/mol. The summed E-state index contributed by atoms with van der Waals surface area (Å²) in [6, 6.07) is 16.0. The largest absolute Gasteiger partial charge is 0.387 e. The van der Waals surface area contributed by atoms with Crippen LogP contribution in [0.2, 0.25) is 5.02 Å². The summed E-state index contributed by atoms with van der Waals surface area (Å²) in [6.45, 7) is 0. The van der Waals surface area contributed by atoms with Gasteiger partial charge in [-0.15, -0.1) is 12.4 Å². The molecule has 0 fully saturated rings. The normalized spacial score (nSPS) is 13.4. The number of benzene rings is 2. The molecule has 102 valence electrons. The highest BCUT2D eigenvalue weighted by molar-refractivity contribution is 6.30. The van der Waals surface area contributed by atoms with E-state index in [-0.39, 0.29) is 12.4 Å². The number of amidine groups is 1. The van der Waals surface area contributed by atoms with Crippen LogP contribution in [0.1, 0.15) is 16.7 Å². The van der Waals surface area contributed by atoms with Crippen molar-refractivity contribution in [1.29, 1.82) is 0 Å². The van der Waals surface area contributed by atoms with E-state index in [1.54, 1.807) is 0 Å². The number of hydrogen-bond acceptors (Lipinski definition) is 2. The van der Waals surface area contributed by atoms with Crippen LogP contribution in [-0.4, -0.2) is 5.84 Å². The van der Waals surface area contributed by atoms with E-state index in [9.17, 15) is 0 Å². The van der Waals surface area contributed by atoms with Crippen molar-refractivity contribution in [2.75, 3.05) is 0 Å². The van der Waals surface area contributed by atoms with Crippen molar-refractivity contribution >= 4 is 35.4 Å². The maximum absolute atomic E-state index is 6.12. The molecule has 0 aliphatic carbocycles. The summed E-state index contributed by atoms with van der Waals surface area (Å²) in [5.74, 6) is 0.620. The Labute approximate surface area is 129 Å². The molecule has 1 aliphatic heterocycles. The average Bonchev–Trinajstić information content (AvgIpc) is 2.58. The van der Waals surface area contributed by atoms with Crippen molar-refractivity contribution in [2.24, 2.45) is 10.7 Å². The lowest BCUT2D eigenvalue weighted by molar-refractivity contribution is 1.28. The van der Waals surface area contributed by atoms with Gasteiger partial charge in [0.15, 0.2) is 0 Å². The molecular formula is C16H14Cl2N2. The first-order valence-corrected chi connectivity index (χ1v) is 6.48. The molecule has 0 saturated heterocycles. The van der Waals surface area contributed by atoms with Crippen LogP contribution in [0.15, 0.2) is 59.7 Å². The van der Waals surface area contributed by atoms with Crippen LogP contribution < -0.4 is 5.73 Å². The monoisotopic (exact) mass is 304 g/mol. The number of nitrogens with zero attached hydrogens (tertiary/aromatic N) is 1. The van der Waals surface area contributed by atoms with Gasteiger partial charge in [-0.3, -0.25) is 0 Å². The zero-order valence-corrected chi connectivity index (χ0v) is 12.3. The van der Waals surface area contributed by atoms with Gasteiger partial charge in [-0.05, 0) is 28.8 Å². The summed E-state index contributed by atoms with van der Waals surface area (Å²) < 4.78 is 0. The molecule has 3 rings (SSSR count). The zero-order chi connectivity index (χ0) is 13.2. The van der Waals surface area contributed by atoms with Crippen LogP contribution in [0.25, 0.3) is 5.57 Å². The molecule has 2 aromatic rings. The van der Waals surface area contributed by atoms with E-state index in [0.717, 1.165) is 27.3 Å². The molecule has 0 aromatic heterocycles. The standard InChI is InChI=1S/C16H13ClN2.ClH/c17-13-7-6-12-8-16(18)19-10-15(14(12)9-13)11-4-2-1-3-5-11;/h1-7,9-10H,8H2,(H2,18,19);1H. The smallest absolute Gasteiger partial charge is 0.103 e. The highest BCUT2D eigenvalue weighted by Crippen LogP contribution is 2.30. The van der Waals surface area contributed by atoms with Crippen LogP contribution >= 0.6 is 24.0 Å². The molecule has 0 bridgehead atoms.